The second-order valence-electron chi connectivity index (χ2n) is 6.62. The zero-order valence-electron chi connectivity index (χ0n) is 15.7. The van der Waals surface area contributed by atoms with E-state index in [1.165, 1.54) is 17.6 Å². The van der Waals surface area contributed by atoms with Crippen LogP contribution in [0.15, 0.2) is 46.7 Å². The topological polar surface area (TPSA) is 115 Å². The molecule has 2 N–H and O–H groups in total. The number of hydrogen-bond acceptors (Lipinski definition) is 7. The molecule has 0 aliphatic rings. The molecule has 0 aliphatic carbocycles. The minimum atomic E-state index is -0.387. The van der Waals surface area contributed by atoms with Gasteiger partial charge in [-0.05, 0) is 32.0 Å². The predicted octanol–water partition coefficient (Wildman–Crippen LogP) is 3.50. The summed E-state index contributed by atoms with van der Waals surface area (Å²) in [5.41, 5.74) is 1.92. The monoisotopic (exact) mass is 410 g/mol. The number of carbonyl (C=O) groups excluding carboxylic acids is 2. The first-order chi connectivity index (χ1) is 14.0. The second kappa shape index (κ2) is 7.84. The van der Waals surface area contributed by atoms with Crippen molar-refractivity contribution in [1.29, 1.82) is 0 Å². The number of furan rings is 1. The molecule has 0 bridgehead atoms. The molecular weight excluding hydrogens is 392 g/mol. The van der Waals surface area contributed by atoms with E-state index < -0.39 is 0 Å². The fraction of sp³-hybridized carbons (Fsp3) is 0.211. The van der Waals surface area contributed by atoms with Crippen molar-refractivity contribution in [2.75, 3.05) is 10.6 Å². The molecular formula is C19H18N6O3S. The standard InChI is InChI=1S/C19H18N6O3S/c1-11(2)25-17-12(8-21-25)6-13(9-20-17)22-16(26)7-14-10-29-19(23-14)24-18(27)15-4-3-5-28-15/h3-6,8-11H,7H2,1-2H3,(H,22,26)(H,23,24,27). The molecule has 0 atom stereocenters. The molecule has 0 unspecified atom stereocenters. The predicted molar refractivity (Wildman–Crippen MR) is 109 cm³/mol. The lowest BCUT2D eigenvalue weighted by atomic mass is 10.3. The van der Waals surface area contributed by atoms with Crippen molar-refractivity contribution < 1.29 is 14.0 Å². The number of hydrogen-bond donors (Lipinski definition) is 2. The third-order valence-corrected chi connectivity index (χ3v) is 4.87. The van der Waals surface area contributed by atoms with E-state index in [-0.39, 0.29) is 30.0 Å². The minimum Gasteiger partial charge on any atom is -0.459 e. The molecule has 0 aliphatic heterocycles. The van der Waals surface area contributed by atoms with E-state index >= 15 is 0 Å². The SMILES string of the molecule is CC(C)n1ncc2cc(NC(=O)Cc3csc(NC(=O)c4ccco4)n3)cnc21. The molecule has 2 amide bonds. The molecule has 0 spiro atoms. The molecule has 4 heterocycles. The Morgan fingerprint density at radius 2 is 2.14 bits per heavy atom. The number of amides is 2. The van der Waals surface area contributed by atoms with Gasteiger partial charge in [-0.1, -0.05) is 0 Å². The molecule has 0 radical (unpaired) electrons. The molecule has 0 fully saturated rings. The van der Waals surface area contributed by atoms with Crippen LogP contribution in [0, 0.1) is 0 Å². The summed E-state index contributed by atoms with van der Waals surface area (Å²) in [6.07, 6.45) is 4.84. The Hall–Kier alpha value is -3.53. The molecule has 0 saturated carbocycles. The molecule has 0 aromatic carbocycles. The second-order valence-corrected chi connectivity index (χ2v) is 7.48. The van der Waals surface area contributed by atoms with Gasteiger partial charge in [0.25, 0.3) is 5.91 Å². The quantitative estimate of drug-likeness (QED) is 0.503. The van der Waals surface area contributed by atoms with Crippen LogP contribution < -0.4 is 10.6 Å². The van der Waals surface area contributed by atoms with Gasteiger partial charge in [-0.2, -0.15) is 5.10 Å². The summed E-state index contributed by atoms with van der Waals surface area (Å²) < 4.78 is 6.87. The van der Waals surface area contributed by atoms with Gasteiger partial charge < -0.3 is 9.73 Å². The molecule has 4 rings (SSSR count). The van der Waals surface area contributed by atoms with E-state index in [1.54, 1.807) is 29.9 Å². The number of aromatic nitrogens is 4. The van der Waals surface area contributed by atoms with E-state index in [1.807, 2.05) is 24.6 Å². The normalized spacial score (nSPS) is 11.1. The lowest BCUT2D eigenvalue weighted by molar-refractivity contribution is -0.115. The highest BCUT2D eigenvalue weighted by Crippen LogP contribution is 2.20. The Morgan fingerprint density at radius 1 is 1.28 bits per heavy atom. The number of thiazole rings is 1. The van der Waals surface area contributed by atoms with Gasteiger partial charge in [0.15, 0.2) is 16.5 Å². The highest BCUT2D eigenvalue weighted by Gasteiger charge is 2.14. The largest absolute Gasteiger partial charge is 0.459 e. The summed E-state index contributed by atoms with van der Waals surface area (Å²) in [5, 5.41) is 12.8. The number of fused-ring (bicyclic) bond motifs is 1. The lowest BCUT2D eigenvalue weighted by Crippen LogP contribution is -2.15. The van der Waals surface area contributed by atoms with Crippen molar-refractivity contribution in [3.05, 3.63) is 53.7 Å². The molecule has 4 aromatic rings. The van der Waals surface area contributed by atoms with E-state index in [9.17, 15) is 9.59 Å². The summed E-state index contributed by atoms with van der Waals surface area (Å²) in [5.74, 6) is -0.415. The number of nitrogens with zero attached hydrogens (tertiary/aromatic N) is 4. The van der Waals surface area contributed by atoms with Gasteiger partial charge in [0.05, 0.1) is 36.5 Å². The molecule has 9 nitrogen and oxygen atoms in total. The van der Waals surface area contributed by atoms with Crippen molar-refractivity contribution in [1.82, 2.24) is 19.7 Å². The van der Waals surface area contributed by atoms with Crippen molar-refractivity contribution in [3.63, 3.8) is 0 Å². The fourth-order valence-electron chi connectivity index (χ4n) is 2.77. The van der Waals surface area contributed by atoms with Crippen LogP contribution in [0.1, 0.15) is 36.1 Å². The number of rotatable bonds is 6. The zero-order chi connectivity index (χ0) is 20.4. The molecule has 4 aromatic heterocycles. The highest BCUT2D eigenvalue weighted by atomic mass is 32.1. The minimum absolute atomic E-state index is 0.0798. The summed E-state index contributed by atoms with van der Waals surface area (Å²) in [7, 11) is 0. The Bertz CT molecular complexity index is 1160. The van der Waals surface area contributed by atoms with Crippen LogP contribution >= 0.6 is 11.3 Å². The van der Waals surface area contributed by atoms with Gasteiger partial charge in [0.2, 0.25) is 5.91 Å². The first kappa shape index (κ1) is 18.8. The molecule has 148 valence electrons. The Morgan fingerprint density at radius 3 is 2.90 bits per heavy atom. The Kier molecular flexibility index (Phi) is 5.09. The van der Waals surface area contributed by atoms with Crippen LogP contribution in [-0.4, -0.2) is 31.6 Å². The van der Waals surface area contributed by atoms with Gasteiger partial charge in [-0.15, -0.1) is 11.3 Å². The maximum absolute atomic E-state index is 12.4. The average molecular weight is 410 g/mol. The smallest absolute Gasteiger partial charge is 0.293 e. The van der Waals surface area contributed by atoms with Gasteiger partial charge in [-0.3, -0.25) is 14.9 Å². The van der Waals surface area contributed by atoms with Gasteiger partial charge in [0, 0.05) is 16.8 Å². The van der Waals surface area contributed by atoms with E-state index in [4.69, 9.17) is 4.42 Å². The van der Waals surface area contributed by atoms with Crippen molar-refractivity contribution in [3.8, 4) is 0 Å². The highest BCUT2D eigenvalue weighted by molar-refractivity contribution is 7.14. The van der Waals surface area contributed by atoms with Crippen molar-refractivity contribution in [2.24, 2.45) is 0 Å². The van der Waals surface area contributed by atoms with Crippen LogP contribution in [0.4, 0.5) is 10.8 Å². The van der Waals surface area contributed by atoms with E-state index in [0.29, 0.717) is 16.5 Å². The van der Waals surface area contributed by atoms with Gasteiger partial charge in [-0.25, -0.2) is 14.6 Å². The van der Waals surface area contributed by atoms with Crippen molar-refractivity contribution >= 4 is 45.0 Å². The molecule has 29 heavy (non-hydrogen) atoms. The first-order valence-corrected chi connectivity index (χ1v) is 9.80. The summed E-state index contributed by atoms with van der Waals surface area (Å²) in [6, 6.07) is 5.23. The summed E-state index contributed by atoms with van der Waals surface area (Å²) >= 11 is 1.24. The third-order valence-electron chi connectivity index (χ3n) is 4.07. The van der Waals surface area contributed by atoms with E-state index in [2.05, 4.69) is 25.7 Å². The maximum atomic E-state index is 12.4. The summed E-state index contributed by atoms with van der Waals surface area (Å²) in [6.45, 7) is 4.06. The summed E-state index contributed by atoms with van der Waals surface area (Å²) in [4.78, 5) is 33.0. The van der Waals surface area contributed by atoms with Crippen LogP contribution in [0.5, 0.6) is 0 Å². The fourth-order valence-corrected chi connectivity index (χ4v) is 3.47. The average Bonchev–Trinajstić information content (AvgIpc) is 3.42. The number of pyridine rings is 1. The first-order valence-electron chi connectivity index (χ1n) is 8.92. The van der Waals surface area contributed by atoms with E-state index in [0.717, 1.165) is 11.0 Å². The van der Waals surface area contributed by atoms with Crippen molar-refractivity contribution in [2.45, 2.75) is 26.3 Å². The van der Waals surface area contributed by atoms with Crippen LogP contribution in [0.3, 0.4) is 0 Å². The number of anilines is 2. The maximum Gasteiger partial charge on any atom is 0.293 e. The number of carbonyl (C=O) groups is 2. The van der Waals surface area contributed by atoms with Crippen LogP contribution in [-0.2, 0) is 11.2 Å². The molecule has 10 heteroatoms. The zero-order valence-corrected chi connectivity index (χ0v) is 16.6. The Labute approximate surface area is 169 Å². The Balaban J connectivity index is 1.38. The molecule has 0 saturated heterocycles. The van der Waals surface area contributed by atoms with Gasteiger partial charge in [0.1, 0.15) is 0 Å². The lowest BCUT2D eigenvalue weighted by Gasteiger charge is -2.07. The van der Waals surface area contributed by atoms with Crippen LogP contribution in [0.25, 0.3) is 11.0 Å². The third kappa shape index (κ3) is 4.16. The number of nitrogens with one attached hydrogen (secondary N) is 2. The van der Waals surface area contributed by atoms with Gasteiger partial charge >= 0.3 is 0 Å². The van der Waals surface area contributed by atoms with Crippen LogP contribution in [0.2, 0.25) is 0 Å².